The molecule has 0 bridgehead atoms. The van der Waals surface area contributed by atoms with Crippen LogP contribution < -0.4 is 11.5 Å². The molecule has 0 fully saturated rings. The molecule has 0 spiro atoms. The smallest absolute Gasteiger partial charge is 0.250 e. The molecule has 1 amide bonds. The average Bonchev–Trinajstić information content (AvgIpc) is 2.58. The maximum atomic E-state index is 10.9. The Bertz CT molecular complexity index is 685. The van der Waals surface area contributed by atoms with Crippen LogP contribution in [0.3, 0.4) is 0 Å². The van der Waals surface area contributed by atoms with Gasteiger partial charge in [0.05, 0.1) is 11.1 Å². The Labute approximate surface area is 129 Å². The highest BCUT2D eigenvalue weighted by Crippen LogP contribution is 2.00. The molecule has 5 nitrogen and oxygen atoms in total. The number of amides is 1. The van der Waals surface area contributed by atoms with Crippen molar-refractivity contribution in [3.8, 4) is 11.8 Å². The lowest BCUT2D eigenvalue weighted by Crippen LogP contribution is -2.11. The first-order valence-electron chi connectivity index (χ1n) is 6.36. The highest BCUT2D eigenvalue weighted by atomic mass is 16.1. The van der Waals surface area contributed by atoms with Crippen LogP contribution in [-0.2, 0) is 0 Å². The number of carbonyl (C=O) groups is 1. The minimum Gasteiger partial charge on any atom is -0.404 e. The SMILES string of the molecule is N=C/C(C#Cc1cncc(C(N)=O)c1)=C\N.c1ccccc1. The first-order chi connectivity index (χ1) is 10.7. The van der Waals surface area contributed by atoms with Gasteiger partial charge in [-0.3, -0.25) is 9.78 Å². The van der Waals surface area contributed by atoms with Crippen LogP contribution in [0, 0.1) is 17.3 Å². The fraction of sp³-hybridized carbons (Fsp3) is 0. The van der Waals surface area contributed by atoms with Crippen LogP contribution in [0.25, 0.3) is 0 Å². The summed E-state index contributed by atoms with van der Waals surface area (Å²) in [7, 11) is 0. The molecule has 22 heavy (non-hydrogen) atoms. The first kappa shape index (κ1) is 16.7. The molecule has 0 aliphatic rings. The Morgan fingerprint density at radius 1 is 1.14 bits per heavy atom. The van der Waals surface area contributed by atoms with Crippen molar-refractivity contribution < 1.29 is 4.79 Å². The molecule has 0 saturated heterocycles. The van der Waals surface area contributed by atoms with E-state index in [4.69, 9.17) is 16.9 Å². The summed E-state index contributed by atoms with van der Waals surface area (Å²) in [6, 6.07) is 13.5. The molecule has 0 aliphatic heterocycles. The number of hydrogen-bond acceptors (Lipinski definition) is 4. The van der Waals surface area contributed by atoms with E-state index in [-0.39, 0.29) is 0 Å². The molecular weight excluding hydrogens is 276 g/mol. The second-order valence-electron chi connectivity index (χ2n) is 4.00. The molecule has 0 aliphatic carbocycles. The topological polar surface area (TPSA) is 106 Å². The number of nitrogens with one attached hydrogen (secondary N) is 1. The van der Waals surface area contributed by atoms with Gasteiger partial charge in [0, 0.05) is 30.4 Å². The zero-order valence-corrected chi connectivity index (χ0v) is 11.9. The molecule has 0 saturated carbocycles. The van der Waals surface area contributed by atoms with Gasteiger partial charge in [-0.25, -0.2) is 0 Å². The van der Waals surface area contributed by atoms with E-state index in [0.717, 1.165) is 6.21 Å². The number of rotatable bonds is 2. The predicted molar refractivity (Wildman–Crippen MR) is 87.1 cm³/mol. The van der Waals surface area contributed by atoms with Gasteiger partial charge in [0.25, 0.3) is 0 Å². The van der Waals surface area contributed by atoms with Gasteiger partial charge in [-0.05, 0) is 6.07 Å². The lowest BCUT2D eigenvalue weighted by atomic mass is 10.2. The van der Waals surface area contributed by atoms with Crippen LogP contribution in [0.15, 0.2) is 66.6 Å². The largest absolute Gasteiger partial charge is 0.404 e. The summed E-state index contributed by atoms with van der Waals surface area (Å²) >= 11 is 0. The van der Waals surface area contributed by atoms with Crippen molar-refractivity contribution in [1.82, 2.24) is 4.98 Å². The highest BCUT2D eigenvalue weighted by molar-refractivity contribution is 5.92. The predicted octanol–water partition coefficient (Wildman–Crippen LogP) is 1.71. The molecule has 1 aromatic heterocycles. The van der Waals surface area contributed by atoms with E-state index in [2.05, 4.69) is 16.8 Å². The Morgan fingerprint density at radius 2 is 1.73 bits per heavy atom. The van der Waals surface area contributed by atoms with Crippen molar-refractivity contribution in [3.05, 3.63) is 77.8 Å². The quantitative estimate of drug-likeness (QED) is 0.579. The summed E-state index contributed by atoms with van der Waals surface area (Å²) in [5, 5.41) is 6.97. The second-order valence-corrected chi connectivity index (χ2v) is 4.00. The van der Waals surface area contributed by atoms with Crippen LogP contribution >= 0.6 is 0 Å². The van der Waals surface area contributed by atoms with Gasteiger partial charge in [0.2, 0.25) is 5.91 Å². The Kier molecular flexibility index (Phi) is 7.20. The Morgan fingerprint density at radius 3 is 2.18 bits per heavy atom. The maximum Gasteiger partial charge on any atom is 0.250 e. The van der Waals surface area contributed by atoms with Crippen molar-refractivity contribution in [2.45, 2.75) is 0 Å². The lowest BCUT2D eigenvalue weighted by molar-refractivity contribution is 0.1000. The van der Waals surface area contributed by atoms with Gasteiger partial charge < -0.3 is 16.9 Å². The van der Waals surface area contributed by atoms with E-state index in [9.17, 15) is 4.79 Å². The minimum absolute atomic E-state index is 0.292. The van der Waals surface area contributed by atoms with E-state index < -0.39 is 5.91 Å². The van der Waals surface area contributed by atoms with Gasteiger partial charge in [-0.1, -0.05) is 48.2 Å². The van der Waals surface area contributed by atoms with Crippen LogP contribution in [0.2, 0.25) is 0 Å². The molecule has 2 rings (SSSR count). The van der Waals surface area contributed by atoms with Gasteiger partial charge in [0.1, 0.15) is 0 Å². The molecular formula is C17H16N4O. The third kappa shape index (κ3) is 6.17. The van der Waals surface area contributed by atoms with Gasteiger partial charge in [-0.2, -0.15) is 0 Å². The van der Waals surface area contributed by atoms with Crippen LogP contribution in [-0.4, -0.2) is 17.1 Å². The molecule has 110 valence electrons. The number of nitrogens with two attached hydrogens (primary N) is 2. The highest BCUT2D eigenvalue weighted by Gasteiger charge is 2.00. The molecule has 5 heteroatoms. The van der Waals surface area contributed by atoms with Gasteiger partial charge >= 0.3 is 0 Å². The Hall–Kier alpha value is -3.39. The van der Waals surface area contributed by atoms with E-state index in [1.54, 1.807) is 0 Å². The van der Waals surface area contributed by atoms with Crippen molar-refractivity contribution in [2.24, 2.45) is 11.5 Å². The molecule has 5 N–H and O–H groups in total. The van der Waals surface area contributed by atoms with Crippen LogP contribution in [0.5, 0.6) is 0 Å². The number of hydrogen-bond donors (Lipinski definition) is 3. The number of benzene rings is 1. The Balaban J connectivity index is 0.000000335. The number of nitrogens with zero attached hydrogens (tertiary/aromatic N) is 1. The van der Waals surface area contributed by atoms with Crippen molar-refractivity contribution in [2.75, 3.05) is 0 Å². The monoisotopic (exact) mass is 292 g/mol. The van der Waals surface area contributed by atoms with Gasteiger partial charge in [0.15, 0.2) is 0 Å². The summed E-state index contributed by atoms with van der Waals surface area (Å²) < 4.78 is 0. The second kappa shape index (κ2) is 9.50. The van der Waals surface area contributed by atoms with Crippen molar-refractivity contribution in [1.29, 1.82) is 5.41 Å². The summed E-state index contributed by atoms with van der Waals surface area (Å²) in [5.74, 6) is 4.82. The van der Waals surface area contributed by atoms with Crippen LogP contribution in [0.1, 0.15) is 15.9 Å². The standard InChI is InChI=1S/C11H10N4O.C6H6/c12-4-9(5-13)2-1-8-3-10(11(14)16)7-15-6-8;1-2-4-6-5-3-1/h3-7,12H,13H2,(H2,14,16);1-6H/b9-5-,12-4?;. The zero-order chi connectivity index (χ0) is 16.2. The fourth-order valence-electron chi connectivity index (χ4n) is 1.30. The first-order valence-corrected chi connectivity index (χ1v) is 6.36. The molecule has 2 aromatic rings. The third-order valence-electron chi connectivity index (χ3n) is 2.38. The fourth-order valence-corrected chi connectivity index (χ4v) is 1.30. The summed E-state index contributed by atoms with van der Waals surface area (Å²) in [5.41, 5.74) is 11.5. The number of aromatic nitrogens is 1. The zero-order valence-electron chi connectivity index (χ0n) is 11.9. The maximum absolute atomic E-state index is 10.9. The van der Waals surface area contributed by atoms with Crippen molar-refractivity contribution >= 4 is 12.1 Å². The summed E-state index contributed by atoms with van der Waals surface area (Å²) in [4.78, 5) is 14.7. The number of pyridine rings is 1. The van der Waals surface area contributed by atoms with Crippen molar-refractivity contribution in [3.63, 3.8) is 0 Å². The normalized spacial score (nSPS) is 9.55. The molecule has 0 radical (unpaired) electrons. The van der Waals surface area contributed by atoms with E-state index >= 15 is 0 Å². The minimum atomic E-state index is -0.558. The molecule has 1 heterocycles. The number of allylic oxidation sites excluding steroid dienone is 1. The molecule has 1 aromatic carbocycles. The van der Waals surface area contributed by atoms with Crippen LogP contribution in [0.4, 0.5) is 0 Å². The van der Waals surface area contributed by atoms with E-state index in [0.29, 0.717) is 16.7 Å². The van der Waals surface area contributed by atoms with E-state index in [1.807, 2.05) is 36.4 Å². The average molecular weight is 292 g/mol. The molecule has 0 atom stereocenters. The number of carbonyl (C=O) groups excluding carboxylic acids is 1. The molecule has 0 unspecified atom stereocenters. The lowest BCUT2D eigenvalue weighted by Gasteiger charge is -1.94. The summed E-state index contributed by atoms with van der Waals surface area (Å²) in [6.07, 6.45) is 5.13. The van der Waals surface area contributed by atoms with Gasteiger partial charge in [-0.15, -0.1) is 0 Å². The number of primary amides is 1. The third-order valence-corrected chi connectivity index (χ3v) is 2.38. The van der Waals surface area contributed by atoms with E-state index in [1.165, 1.54) is 24.7 Å². The summed E-state index contributed by atoms with van der Waals surface area (Å²) in [6.45, 7) is 0.